The fourth-order valence-corrected chi connectivity index (χ4v) is 3.94. The van der Waals surface area contributed by atoms with Crippen LogP contribution in [0.2, 0.25) is 0 Å². The lowest BCUT2D eigenvalue weighted by Gasteiger charge is -2.44. The van der Waals surface area contributed by atoms with Crippen LogP contribution in [0.4, 0.5) is 0 Å². The van der Waals surface area contributed by atoms with Crippen molar-refractivity contribution in [2.45, 2.75) is 76.3 Å². The van der Waals surface area contributed by atoms with Crippen LogP contribution in [0.15, 0.2) is 0 Å². The Balaban J connectivity index is 2.05. The van der Waals surface area contributed by atoms with Gasteiger partial charge in [-0.15, -0.1) is 0 Å². The number of hydrogen-bond donors (Lipinski definition) is 1. The standard InChI is InChI=1S/C15H30N2/c1-13-6-5-10-15(12-16,11-9-13)17(2)14-7-3-4-8-14/h13-14H,3-12,16H2,1-2H3. The zero-order chi connectivity index (χ0) is 12.3. The highest BCUT2D eigenvalue weighted by Crippen LogP contribution is 2.37. The van der Waals surface area contributed by atoms with E-state index in [0.717, 1.165) is 18.5 Å². The van der Waals surface area contributed by atoms with E-state index < -0.39 is 0 Å². The Labute approximate surface area is 107 Å². The van der Waals surface area contributed by atoms with Gasteiger partial charge in [-0.3, -0.25) is 4.90 Å². The van der Waals surface area contributed by atoms with Gasteiger partial charge in [0.15, 0.2) is 0 Å². The van der Waals surface area contributed by atoms with E-state index in [0.29, 0.717) is 5.54 Å². The van der Waals surface area contributed by atoms with Crippen molar-refractivity contribution < 1.29 is 0 Å². The molecule has 2 N–H and O–H groups in total. The molecule has 2 rings (SSSR count). The van der Waals surface area contributed by atoms with Gasteiger partial charge in [-0.2, -0.15) is 0 Å². The molecule has 2 nitrogen and oxygen atoms in total. The van der Waals surface area contributed by atoms with Gasteiger partial charge in [0.25, 0.3) is 0 Å². The zero-order valence-corrected chi connectivity index (χ0v) is 11.8. The van der Waals surface area contributed by atoms with E-state index in [4.69, 9.17) is 5.73 Å². The van der Waals surface area contributed by atoms with Gasteiger partial charge in [-0.1, -0.05) is 32.6 Å². The van der Waals surface area contributed by atoms with E-state index in [9.17, 15) is 0 Å². The summed E-state index contributed by atoms with van der Waals surface area (Å²) in [5.41, 5.74) is 6.50. The first-order chi connectivity index (χ1) is 8.18. The first-order valence-electron chi connectivity index (χ1n) is 7.61. The SMILES string of the molecule is CC1CCCC(CN)(N(C)C2CCCC2)CC1. The van der Waals surface area contributed by atoms with Crippen LogP contribution >= 0.6 is 0 Å². The van der Waals surface area contributed by atoms with E-state index in [-0.39, 0.29) is 0 Å². The summed E-state index contributed by atoms with van der Waals surface area (Å²) in [4.78, 5) is 2.68. The summed E-state index contributed by atoms with van der Waals surface area (Å²) in [6.45, 7) is 3.26. The number of likely N-dealkylation sites (N-methyl/N-ethyl adjacent to an activating group) is 1. The molecule has 0 heterocycles. The molecule has 0 amide bonds. The van der Waals surface area contributed by atoms with Gasteiger partial charge in [0.2, 0.25) is 0 Å². The first kappa shape index (κ1) is 13.4. The molecule has 2 aliphatic rings. The van der Waals surface area contributed by atoms with Crippen LogP contribution in [-0.4, -0.2) is 30.1 Å². The predicted molar refractivity (Wildman–Crippen MR) is 74.1 cm³/mol. The smallest absolute Gasteiger partial charge is 0.0331 e. The van der Waals surface area contributed by atoms with Crippen molar-refractivity contribution in [1.29, 1.82) is 0 Å². The fourth-order valence-electron chi connectivity index (χ4n) is 3.94. The zero-order valence-electron chi connectivity index (χ0n) is 11.8. The van der Waals surface area contributed by atoms with Crippen LogP contribution in [0.25, 0.3) is 0 Å². The summed E-state index contributed by atoms with van der Waals surface area (Å²) in [6.07, 6.45) is 12.4. The van der Waals surface area contributed by atoms with Gasteiger partial charge < -0.3 is 5.73 Å². The normalized spacial score (nSPS) is 36.4. The molecule has 2 saturated carbocycles. The van der Waals surface area contributed by atoms with Crippen LogP contribution in [-0.2, 0) is 0 Å². The summed E-state index contributed by atoms with van der Waals surface area (Å²) in [6, 6.07) is 0.812. The third-order valence-corrected chi connectivity index (χ3v) is 5.44. The maximum atomic E-state index is 6.18. The molecule has 100 valence electrons. The Kier molecular flexibility index (Phi) is 4.48. The molecule has 0 aromatic heterocycles. The minimum Gasteiger partial charge on any atom is -0.329 e. The summed E-state index contributed by atoms with van der Waals surface area (Å²) >= 11 is 0. The van der Waals surface area contributed by atoms with Crippen LogP contribution < -0.4 is 5.73 Å². The molecule has 2 fully saturated rings. The Bertz CT molecular complexity index is 235. The Morgan fingerprint density at radius 1 is 1.06 bits per heavy atom. The summed E-state index contributed by atoms with van der Waals surface area (Å²) < 4.78 is 0. The van der Waals surface area contributed by atoms with Crippen molar-refractivity contribution >= 4 is 0 Å². The second-order valence-corrected chi connectivity index (χ2v) is 6.51. The largest absolute Gasteiger partial charge is 0.329 e. The van der Waals surface area contributed by atoms with E-state index in [1.165, 1.54) is 57.8 Å². The lowest BCUT2D eigenvalue weighted by Crippen LogP contribution is -2.55. The molecule has 0 aliphatic heterocycles. The molecule has 0 radical (unpaired) electrons. The molecular formula is C15H30N2. The maximum Gasteiger partial charge on any atom is 0.0331 e. The summed E-state index contributed by atoms with van der Waals surface area (Å²) in [5.74, 6) is 0.903. The summed E-state index contributed by atoms with van der Waals surface area (Å²) in [5, 5.41) is 0. The van der Waals surface area contributed by atoms with Gasteiger partial charge in [0.1, 0.15) is 0 Å². The molecular weight excluding hydrogens is 208 g/mol. The number of hydrogen-bond acceptors (Lipinski definition) is 2. The molecule has 2 unspecified atom stereocenters. The van der Waals surface area contributed by atoms with E-state index in [1.54, 1.807) is 0 Å². The highest BCUT2D eigenvalue weighted by Gasteiger charge is 2.38. The Morgan fingerprint density at radius 3 is 2.41 bits per heavy atom. The third kappa shape index (κ3) is 2.85. The minimum atomic E-state index is 0.319. The second-order valence-electron chi connectivity index (χ2n) is 6.51. The van der Waals surface area contributed by atoms with Crippen molar-refractivity contribution in [3.05, 3.63) is 0 Å². The third-order valence-electron chi connectivity index (χ3n) is 5.44. The Morgan fingerprint density at radius 2 is 1.76 bits per heavy atom. The topological polar surface area (TPSA) is 29.3 Å². The molecule has 0 bridgehead atoms. The van der Waals surface area contributed by atoms with E-state index >= 15 is 0 Å². The minimum absolute atomic E-state index is 0.319. The second kappa shape index (κ2) is 5.71. The van der Waals surface area contributed by atoms with Crippen molar-refractivity contribution in [3.63, 3.8) is 0 Å². The van der Waals surface area contributed by atoms with Gasteiger partial charge in [0.05, 0.1) is 0 Å². The molecule has 2 aliphatic carbocycles. The molecule has 0 aromatic rings. The highest BCUT2D eigenvalue weighted by atomic mass is 15.2. The number of rotatable bonds is 3. The van der Waals surface area contributed by atoms with Crippen molar-refractivity contribution in [3.8, 4) is 0 Å². The van der Waals surface area contributed by atoms with Crippen molar-refractivity contribution in [2.75, 3.05) is 13.6 Å². The van der Waals surface area contributed by atoms with Crippen LogP contribution in [0, 0.1) is 5.92 Å². The van der Waals surface area contributed by atoms with Crippen LogP contribution in [0.5, 0.6) is 0 Å². The predicted octanol–water partition coefficient (Wildman–Crippen LogP) is 3.16. The first-order valence-corrected chi connectivity index (χ1v) is 7.61. The van der Waals surface area contributed by atoms with Crippen LogP contribution in [0.3, 0.4) is 0 Å². The number of nitrogens with two attached hydrogens (primary N) is 1. The molecule has 0 aromatic carbocycles. The molecule has 17 heavy (non-hydrogen) atoms. The van der Waals surface area contributed by atoms with E-state index in [2.05, 4.69) is 18.9 Å². The maximum absolute atomic E-state index is 6.18. The van der Waals surface area contributed by atoms with Gasteiger partial charge in [-0.25, -0.2) is 0 Å². The van der Waals surface area contributed by atoms with Gasteiger partial charge >= 0.3 is 0 Å². The molecule has 2 atom stereocenters. The lowest BCUT2D eigenvalue weighted by atomic mass is 9.86. The quantitative estimate of drug-likeness (QED) is 0.765. The number of nitrogens with zero attached hydrogens (tertiary/aromatic N) is 1. The molecule has 2 heteroatoms. The average Bonchev–Trinajstić information content (AvgIpc) is 2.80. The molecule has 0 spiro atoms. The Hall–Kier alpha value is -0.0800. The monoisotopic (exact) mass is 238 g/mol. The average molecular weight is 238 g/mol. The van der Waals surface area contributed by atoms with Gasteiger partial charge in [-0.05, 0) is 45.1 Å². The van der Waals surface area contributed by atoms with Crippen molar-refractivity contribution in [2.24, 2.45) is 11.7 Å². The van der Waals surface area contributed by atoms with E-state index in [1.807, 2.05) is 0 Å². The van der Waals surface area contributed by atoms with Gasteiger partial charge in [0, 0.05) is 18.1 Å². The van der Waals surface area contributed by atoms with Crippen molar-refractivity contribution in [1.82, 2.24) is 4.90 Å². The summed E-state index contributed by atoms with van der Waals surface area (Å²) in [7, 11) is 2.35. The highest BCUT2D eigenvalue weighted by molar-refractivity contribution is 4.96. The van der Waals surface area contributed by atoms with Crippen LogP contribution in [0.1, 0.15) is 64.7 Å². The molecule has 0 saturated heterocycles. The fraction of sp³-hybridized carbons (Fsp3) is 1.00. The lowest BCUT2D eigenvalue weighted by molar-refractivity contribution is 0.0638.